The van der Waals surface area contributed by atoms with Crippen molar-refractivity contribution in [1.29, 1.82) is 0 Å². The van der Waals surface area contributed by atoms with E-state index in [0.717, 1.165) is 0 Å². The van der Waals surface area contributed by atoms with Crippen molar-refractivity contribution in [1.82, 2.24) is 19.9 Å². The maximum absolute atomic E-state index is 13.2. The lowest BCUT2D eigenvalue weighted by Gasteiger charge is -2.14. The number of hydrogen-bond donors (Lipinski definition) is 2. The van der Waals surface area contributed by atoms with Gasteiger partial charge in [0, 0.05) is 25.4 Å². The van der Waals surface area contributed by atoms with Gasteiger partial charge < -0.3 is 14.8 Å². The molecule has 0 radical (unpaired) electrons. The highest BCUT2D eigenvalue weighted by molar-refractivity contribution is 7.92. The SMILES string of the molecule is CNC(=O)C(C)Cn1cnc2ccc(-c3cnc(OC)c(NS(=O)(=O)c4ccc(OC)cc4)c3)cc2c1=O. The average molecular weight is 538 g/mol. The van der Waals surface area contributed by atoms with E-state index in [0.29, 0.717) is 27.8 Å². The van der Waals surface area contributed by atoms with Crippen LogP contribution in [0.5, 0.6) is 11.6 Å². The third kappa shape index (κ3) is 5.44. The number of benzene rings is 2. The Balaban J connectivity index is 1.71. The average Bonchev–Trinajstić information content (AvgIpc) is 2.93. The first-order valence-electron chi connectivity index (χ1n) is 11.6. The van der Waals surface area contributed by atoms with Crippen molar-refractivity contribution >= 4 is 32.5 Å². The van der Waals surface area contributed by atoms with Crippen molar-refractivity contribution in [2.75, 3.05) is 26.0 Å². The summed E-state index contributed by atoms with van der Waals surface area (Å²) in [6.07, 6.45) is 2.94. The highest BCUT2D eigenvalue weighted by Crippen LogP contribution is 2.31. The lowest BCUT2D eigenvalue weighted by atomic mass is 10.0. The fourth-order valence-corrected chi connectivity index (χ4v) is 4.95. The minimum absolute atomic E-state index is 0.0362. The number of aromatic nitrogens is 3. The van der Waals surface area contributed by atoms with Crippen molar-refractivity contribution in [2.24, 2.45) is 5.92 Å². The molecular formula is C26H27N5O6S. The van der Waals surface area contributed by atoms with Gasteiger partial charge in [-0.1, -0.05) is 13.0 Å². The van der Waals surface area contributed by atoms with Crippen LogP contribution in [0.25, 0.3) is 22.0 Å². The van der Waals surface area contributed by atoms with Crippen molar-refractivity contribution in [3.8, 4) is 22.8 Å². The second-order valence-electron chi connectivity index (χ2n) is 8.51. The maximum atomic E-state index is 13.2. The van der Waals surface area contributed by atoms with Crippen LogP contribution in [0.1, 0.15) is 6.92 Å². The number of nitrogens with zero attached hydrogens (tertiary/aromatic N) is 3. The highest BCUT2D eigenvalue weighted by Gasteiger charge is 2.19. The monoisotopic (exact) mass is 537 g/mol. The number of methoxy groups -OCH3 is 2. The van der Waals surface area contributed by atoms with Gasteiger partial charge >= 0.3 is 0 Å². The molecule has 0 aliphatic rings. The zero-order valence-corrected chi connectivity index (χ0v) is 22.1. The Kier molecular flexibility index (Phi) is 7.62. The zero-order valence-electron chi connectivity index (χ0n) is 21.3. The molecule has 1 amide bonds. The second-order valence-corrected chi connectivity index (χ2v) is 10.2. The van der Waals surface area contributed by atoms with Crippen LogP contribution in [0.3, 0.4) is 0 Å². The van der Waals surface area contributed by atoms with E-state index in [-0.39, 0.29) is 34.5 Å². The van der Waals surface area contributed by atoms with Crippen LogP contribution in [-0.2, 0) is 21.4 Å². The third-order valence-electron chi connectivity index (χ3n) is 5.98. The summed E-state index contributed by atoms with van der Waals surface area (Å²) in [6, 6.07) is 12.7. The van der Waals surface area contributed by atoms with Gasteiger partial charge in [0.2, 0.25) is 11.8 Å². The lowest BCUT2D eigenvalue weighted by molar-refractivity contribution is -0.124. The topological polar surface area (TPSA) is 142 Å². The van der Waals surface area contributed by atoms with Crippen LogP contribution in [0.2, 0.25) is 0 Å². The van der Waals surface area contributed by atoms with Gasteiger partial charge in [-0.05, 0) is 48.0 Å². The van der Waals surface area contributed by atoms with Gasteiger partial charge in [-0.25, -0.2) is 18.4 Å². The molecule has 2 heterocycles. The second kappa shape index (κ2) is 10.9. The summed E-state index contributed by atoms with van der Waals surface area (Å²) in [7, 11) is 0.463. The first-order valence-corrected chi connectivity index (χ1v) is 13.1. The third-order valence-corrected chi connectivity index (χ3v) is 7.36. The maximum Gasteiger partial charge on any atom is 0.262 e. The number of nitrogens with one attached hydrogen (secondary N) is 2. The van der Waals surface area contributed by atoms with Gasteiger partial charge in [0.1, 0.15) is 11.4 Å². The van der Waals surface area contributed by atoms with Crippen LogP contribution in [0.15, 0.2) is 70.7 Å². The smallest absolute Gasteiger partial charge is 0.262 e. The Bertz CT molecular complexity index is 1650. The van der Waals surface area contributed by atoms with Gasteiger partial charge in [0.15, 0.2) is 0 Å². The summed E-state index contributed by atoms with van der Waals surface area (Å²) >= 11 is 0. The molecule has 0 aliphatic carbocycles. The normalized spacial score (nSPS) is 12.1. The van der Waals surface area contributed by atoms with Gasteiger partial charge in [-0.2, -0.15) is 0 Å². The number of anilines is 1. The van der Waals surface area contributed by atoms with Gasteiger partial charge in [0.25, 0.3) is 15.6 Å². The number of carbonyl (C=O) groups excluding carboxylic acids is 1. The molecule has 0 spiro atoms. The summed E-state index contributed by atoms with van der Waals surface area (Å²) in [5.74, 6) is 0.00357. The van der Waals surface area contributed by atoms with Gasteiger partial charge in [-0.3, -0.25) is 18.9 Å². The zero-order chi connectivity index (χ0) is 27.4. The predicted molar refractivity (Wildman–Crippen MR) is 143 cm³/mol. The van der Waals surface area contributed by atoms with E-state index in [1.165, 1.54) is 43.4 Å². The molecule has 198 valence electrons. The summed E-state index contributed by atoms with van der Waals surface area (Å²) in [4.78, 5) is 33.7. The number of sulfonamides is 1. The highest BCUT2D eigenvalue weighted by atomic mass is 32.2. The van der Waals surface area contributed by atoms with Crippen LogP contribution in [0.4, 0.5) is 5.69 Å². The molecule has 2 N–H and O–H groups in total. The molecule has 12 heteroatoms. The molecule has 1 atom stereocenters. The summed E-state index contributed by atoms with van der Waals surface area (Å²) in [5, 5.41) is 2.92. The standard InChI is InChI=1S/C26H27N5O6S/c1-16(24(32)27-2)14-31-15-29-22-10-5-17(11-21(22)26(31)33)18-12-23(25(37-4)28-13-18)30-38(34,35)20-8-6-19(36-3)7-9-20/h5-13,15-16,30H,14H2,1-4H3,(H,27,32). The van der Waals surface area contributed by atoms with Crippen LogP contribution in [-0.4, -0.2) is 50.1 Å². The van der Waals surface area contributed by atoms with E-state index in [9.17, 15) is 18.0 Å². The van der Waals surface area contributed by atoms with E-state index in [2.05, 4.69) is 20.0 Å². The number of rotatable bonds is 9. The summed E-state index contributed by atoms with van der Waals surface area (Å²) < 4.78 is 40.3. The molecule has 0 saturated carbocycles. The van der Waals surface area contributed by atoms with Crippen LogP contribution in [0, 0.1) is 5.92 Å². The van der Waals surface area contributed by atoms with Crippen molar-refractivity contribution in [2.45, 2.75) is 18.4 Å². The Labute approximate surface area is 219 Å². The lowest BCUT2D eigenvalue weighted by Crippen LogP contribution is -2.32. The first-order chi connectivity index (χ1) is 18.2. The molecular weight excluding hydrogens is 510 g/mol. The molecule has 2 aromatic heterocycles. The number of ether oxygens (including phenoxy) is 2. The summed E-state index contributed by atoms with van der Waals surface area (Å²) in [6.45, 7) is 1.90. The fraction of sp³-hybridized carbons (Fsp3) is 0.231. The predicted octanol–water partition coefficient (Wildman–Crippen LogP) is 2.66. The summed E-state index contributed by atoms with van der Waals surface area (Å²) in [5.41, 5.74) is 1.49. The number of amides is 1. The van der Waals surface area contributed by atoms with Crippen LogP contribution >= 0.6 is 0 Å². The van der Waals surface area contributed by atoms with Gasteiger partial charge in [0.05, 0.1) is 42.3 Å². The molecule has 1 unspecified atom stereocenters. The van der Waals surface area contributed by atoms with Crippen molar-refractivity contribution in [3.05, 3.63) is 71.4 Å². The van der Waals surface area contributed by atoms with Crippen LogP contribution < -0.4 is 25.1 Å². The largest absolute Gasteiger partial charge is 0.497 e. The first kappa shape index (κ1) is 26.6. The Morgan fingerprint density at radius 3 is 2.42 bits per heavy atom. The molecule has 0 fully saturated rings. The Hall–Kier alpha value is -4.45. The molecule has 4 rings (SSSR count). The number of fused-ring (bicyclic) bond motifs is 1. The quantitative estimate of drug-likeness (QED) is 0.332. The number of carbonyl (C=O) groups is 1. The van der Waals surface area contributed by atoms with E-state index in [1.807, 2.05) is 0 Å². The molecule has 11 nitrogen and oxygen atoms in total. The molecule has 4 aromatic rings. The van der Waals surface area contributed by atoms with E-state index >= 15 is 0 Å². The minimum atomic E-state index is -3.96. The van der Waals surface area contributed by atoms with Crippen molar-refractivity contribution < 1.29 is 22.7 Å². The molecule has 0 aliphatic heterocycles. The molecule has 0 saturated heterocycles. The molecule has 38 heavy (non-hydrogen) atoms. The van der Waals surface area contributed by atoms with Gasteiger partial charge in [-0.15, -0.1) is 0 Å². The number of pyridine rings is 1. The Morgan fingerprint density at radius 2 is 1.76 bits per heavy atom. The molecule has 2 aromatic carbocycles. The van der Waals surface area contributed by atoms with E-state index < -0.39 is 15.9 Å². The van der Waals surface area contributed by atoms with E-state index in [4.69, 9.17) is 9.47 Å². The fourth-order valence-electron chi connectivity index (χ4n) is 3.90. The number of hydrogen-bond acceptors (Lipinski definition) is 8. The van der Waals surface area contributed by atoms with Crippen molar-refractivity contribution in [3.63, 3.8) is 0 Å². The Morgan fingerprint density at radius 1 is 1.03 bits per heavy atom. The minimum Gasteiger partial charge on any atom is -0.497 e. The molecule has 0 bridgehead atoms. The van der Waals surface area contributed by atoms with E-state index in [1.54, 1.807) is 50.4 Å².